The SMILES string of the molecule is Cc1cccc(C)c1NC(=S)N/N=C\c1cccs1. The Hall–Kier alpha value is -1.72. The van der Waals surface area contributed by atoms with Gasteiger partial charge >= 0.3 is 0 Å². The number of thiophene rings is 1. The number of para-hydroxylation sites is 1. The average Bonchev–Trinajstić information content (AvgIpc) is 2.87. The molecular weight excluding hydrogens is 274 g/mol. The predicted molar refractivity (Wildman–Crippen MR) is 87.2 cm³/mol. The fourth-order valence-electron chi connectivity index (χ4n) is 1.67. The van der Waals surface area contributed by atoms with Gasteiger partial charge in [-0.3, -0.25) is 5.43 Å². The Morgan fingerprint density at radius 3 is 2.58 bits per heavy atom. The molecule has 0 saturated carbocycles. The molecule has 0 atom stereocenters. The number of thiocarbonyl (C=S) groups is 1. The van der Waals surface area contributed by atoms with Crippen LogP contribution in [0.2, 0.25) is 0 Å². The maximum Gasteiger partial charge on any atom is 0.191 e. The summed E-state index contributed by atoms with van der Waals surface area (Å²) < 4.78 is 0. The zero-order chi connectivity index (χ0) is 13.7. The molecule has 0 amide bonds. The topological polar surface area (TPSA) is 36.4 Å². The zero-order valence-electron chi connectivity index (χ0n) is 10.8. The predicted octanol–water partition coefficient (Wildman–Crippen LogP) is 3.69. The van der Waals surface area contributed by atoms with Gasteiger partial charge in [-0.1, -0.05) is 24.3 Å². The van der Waals surface area contributed by atoms with Crippen molar-refractivity contribution in [3.8, 4) is 0 Å². The highest BCUT2D eigenvalue weighted by Crippen LogP contribution is 2.19. The van der Waals surface area contributed by atoms with E-state index >= 15 is 0 Å². The van der Waals surface area contributed by atoms with Crippen LogP contribution in [-0.4, -0.2) is 11.3 Å². The lowest BCUT2D eigenvalue weighted by Crippen LogP contribution is -2.24. The van der Waals surface area contributed by atoms with E-state index in [-0.39, 0.29) is 0 Å². The zero-order valence-corrected chi connectivity index (χ0v) is 12.4. The maximum absolute atomic E-state index is 5.22. The fraction of sp³-hybridized carbons (Fsp3) is 0.143. The molecule has 0 bridgehead atoms. The maximum atomic E-state index is 5.22. The number of hydrazone groups is 1. The first kappa shape index (κ1) is 13.7. The lowest BCUT2D eigenvalue weighted by Gasteiger charge is -2.12. The molecule has 1 heterocycles. The number of nitrogens with zero attached hydrogens (tertiary/aromatic N) is 1. The second-order valence-corrected chi connectivity index (χ2v) is 5.49. The van der Waals surface area contributed by atoms with Gasteiger partial charge in [-0.15, -0.1) is 11.3 Å². The first-order chi connectivity index (χ1) is 9.16. The molecule has 0 unspecified atom stereocenters. The van der Waals surface area contributed by atoms with Crippen LogP contribution in [-0.2, 0) is 0 Å². The monoisotopic (exact) mass is 289 g/mol. The Kier molecular flexibility index (Phi) is 4.65. The smallest absolute Gasteiger partial charge is 0.191 e. The molecule has 0 aliphatic heterocycles. The molecule has 2 rings (SSSR count). The Morgan fingerprint density at radius 1 is 1.21 bits per heavy atom. The molecule has 1 aromatic heterocycles. The number of hydrogen-bond donors (Lipinski definition) is 2. The minimum Gasteiger partial charge on any atom is -0.331 e. The Morgan fingerprint density at radius 2 is 1.95 bits per heavy atom. The van der Waals surface area contributed by atoms with Crippen LogP contribution >= 0.6 is 23.6 Å². The first-order valence-electron chi connectivity index (χ1n) is 5.86. The summed E-state index contributed by atoms with van der Waals surface area (Å²) in [5.41, 5.74) is 6.17. The molecule has 2 aromatic rings. The number of rotatable bonds is 3. The van der Waals surface area contributed by atoms with Crippen LogP contribution in [0.15, 0.2) is 40.8 Å². The van der Waals surface area contributed by atoms with E-state index in [0.29, 0.717) is 5.11 Å². The van der Waals surface area contributed by atoms with Crippen molar-refractivity contribution in [2.75, 3.05) is 5.32 Å². The van der Waals surface area contributed by atoms with Crippen molar-refractivity contribution in [2.45, 2.75) is 13.8 Å². The van der Waals surface area contributed by atoms with Crippen molar-refractivity contribution in [2.24, 2.45) is 5.10 Å². The van der Waals surface area contributed by atoms with Crippen molar-refractivity contribution in [1.29, 1.82) is 0 Å². The van der Waals surface area contributed by atoms with E-state index < -0.39 is 0 Å². The van der Waals surface area contributed by atoms with E-state index in [9.17, 15) is 0 Å². The summed E-state index contributed by atoms with van der Waals surface area (Å²) in [6, 6.07) is 10.1. The normalized spacial score (nSPS) is 10.6. The van der Waals surface area contributed by atoms with Gasteiger partial charge in [-0.05, 0) is 48.6 Å². The quantitative estimate of drug-likeness (QED) is 0.514. The van der Waals surface area contributed by atoms with Gasteiger partial charge in [0.1, 0.15) is 0 Å². The third-order valence-corrected chi connectivity index (χ3v) is 3.62. The van der Waals surface area contributed by atoms with E-state index in [1.165, 1.54) is 0 Å². The Labute approximate surface area is 122 Å². The first-order valence-corrected chi connectivity index (χ1v) is 7.15. The van der Waals surface area contributed by atoms with E-state index in [1.807, 2.05) is 49.6 Å². The number of nitrogens with one attached hydrogen (secondary N) is 2. The molecular formula is C14H15N3S2. The molecule has 19 heavy (non-hydrogen) atoms. The number of anilines is 1. The summed E-state index contributed by atoms with van der Waals surface area (Å²) in [6.45, 7) is 4.10. The third kappa shape index (κ3) is 3.87. The summed E-state index contributed by atoms with van der Waals surface area (Å²) in [5.74, 6) is 0. The number of aryl methyl sites for hydroxylation is 2. The van der Waals surface area contributed by atoms with Gasteiger partial charge in [0.15, 0.2) is 5.11 Å². The van der Waals surface area contributed by atoms with E-state index in [0.717, 1.165) is 21.7 Å². The molecule has 3 nitrogen and oxygen atoms in total. The number of benzene rings is 1. The highest BCUT2D eigenvalue weighted by molar-refractivity contribution is 7.80. The van der Waals surface area contributed by atoms with Crippen LogP contribution in [0, 0.1) is 13.8 Å². The number of hydrogen-bond acceptors (Lipinski definition) is 3. The van der Waals surface area contributed by atoms with Crippen LogP contribution < -0.4 is 10.7 Å². The van der Waals surface area contributed by atoms with Gasteiger partial charge in [0.2, 0.25) is 0 Å². The van der Waals surface area contributed by atoms with Crippen molar-refractivity contribution in [3.63, 3.8) is 0 Å². The summed E-state index contributed by atoms with van der Waals surface area (Å²) in [6.07, 6.45) is 1.75. The van der Waals surface area contributed by atoms with E-state index in [1.54, 1.807) is 17.6 Å². The lowest BCUT2D eigenvalue weighted by atomic mass is 10.1. The molecule has 5 heteroatoms. The molecule has 0 saturated heterocycles. The van der Waals surface area contributed by atoms with Crippen molar-refractivity contribution < 1.29 is 0 Å². The van der Waals surface area contributed by atoms with Gasteiger partial charge in [-0.2, -0.15) is 5.10 Å². The van der Waals surface area contributed by atoms with Crippen LogP contribution in [0.5, 0.6) is 0 Å². The van der Waals surface area contributed by atoms with Crippen LogP contribution in [0.1, 0.15) is 16.0 Å². The standard InChI is InChI=1S/C14H15N3S2/c1-10-5-3-6-11(2)13(10)16-14(18)17-15-9-12-7-4-8-19-12/h3-9H,1-2H3,(H2,16,17,18)/b15-9-. The molecule has 0 spiro atoms. The second-order valence-electron chi connectivity index (χ2n) is 4.11. The Balaban J connectivity index is 1.95. The van der Waals surface area contributed by atoms with Crippen molar-refractivity contribution in [1.82, 2.24) is 5.43 Å². The van der Waals surface area contributed by atoms with Gasteiger partial charge in [0, 0.05) is 10.6 Å². The van der Waals surface area contributed by atoms with Crippen molar-refractivity contribution in [3.05, 3.63) is 51.7 Å². The summed E-state index contributed by atoms with van der Waals surface area (Å²) >= 11 is 6.85. The third-order valence-electron chi connectivity index (χ3n) is 2.62. The van der Waals surface area contributed by atoms with Gasteiger partial charge < -0.3 is 5.32 Å². The van der Waals surface area contributed by atoms with Crippen molar-refractivity contribution >= 4 is 40.6 Å². The highest BCUT2D eigenvalue weighted by atomic mass is 32.1. The minimum absolute atomic E-state index is 0.491. The van der Waals surface area contributed by atoms with E-state index in [4.69, 9.17) is 12.2 Å². The average molecular weight is 289 g/mol. The molecule has 0 aliphatic rings. The van der Waals surface area contributed by atoms with Gasteiger partial charge in [0.05, 0.1) is 6.21 Å². The van der Waals surface area contributed by atoms with Crippen LogP contribution in [0.3, 0.4) is 0 Å². The highest BCUT2D eigenvalue weighted by Gasteiger charge is 2.03. The van der Waals surface area contributed by atoms with Crippen LogP contribution in [0.25, 0.3) is 0 Å². The Bertz CT molecular complexity index is 568. The molecule has 2 N–H and O–H groups in total. The summed E-state index contributed by atoms with van der Waals surface area (Å²) in [4.78, 5) is 1.09. The van der Waals surface area contributed by atoms with Gasteiger partial charge in [0.25, 0.3) is 0 Å². The summed E-state index contributed by atoms with van der Waals surface area (Å²) in [7, 11) is 0. The molecule has 0 radical (unpaired) electrons. The minimum atomic E-state index is 0.491. The second kappa shape index (κ2) is 6.45. The molecule has 0 aliphatic carbocycles. The molecule has 98 valence electrons. The molecule has 1 aromatic carbocycles. The fourth-order valence-corrected chi connectivity index (χ4v) is 2.41. The largest absolute Gasteiger partial charge is 0.331 e. The van der Waals surface area contributed by atoms with Crippen LogP contribution in [0.4, 0.5) is 5.69 Å². The molecule has 0 fully saturated rings. The van der Waals surface area contributed by atoms with Gasteiger partial charge in [-0.25, -0.2) is 0 Å². The lowest BCUT2D eigenvalue weighted by molar-refractivity contribution is 1.05. The van der Waals surface area contributed by atoms with E-state index in [2.05, 4.69) is 15.8 Å². The summed E-state index contributed by atoms with van der Waals surface area (Å²) in [5, 5.41) is 9.77.